The van der Waals surface area contributed by atoms with Gasteiger partial charge in [-0.15, -0.1) is 0 Å². The largest absolute Gasteiger partial charge is 0.508 e. The summed E-state index contributed by atoms with van der Waals surface area (Å²) in [6.45, 7) is 12.5. The number of carboxylic acids is 1. The second-order valence-electron chi connectivity index (χ2n) is 16.2. The number of ether oxygens (including phenoxy) is 7. The van der Waals surface area contributed by atoms with Crippen LogP contribution in [0.5, 0.6) is 0 Å². The van der Waals surface area contributed by atoms with Gasteiger partial charge in [-0.1, -0.05) is 65.8 Å². The molecular formula is C43H58N2O14S2. The lowest BCUT2D eigenvalue weighted by Crippen LogP contribution is -2.43. The van der Waals surface area contributed by atoms with E-state index in [4.69, 9.17) is 37.6 Å². The third-order valence-corrected chi connectivity index (χ3v) is 13.6. The summed E-state index contributed by atoms with van der Waals surface area (Å²) < 4.78 is 46.9. The van der Waals surface area contributed by atoms with Crippen molar-refractivity contribution >= 4 is 57.6 Å². The Morgan fingerprint density at radius 3 is 2.54 bits per heavy atom. The second kappa shape index (κ2) is 21.8. The molecule has 16 nitrogen and oxygen atoms in total. The van der Waals surface area contributed by atoms with Gasteiger partial charge >= 0.3 is 24.1 Å². The molecule has 12 atom stereocenters. The van der Waals surface area contributed by atoms with Crippen LogP contribution in [0.4, 0.5) is 4.79 Å². The molecule has 18 heteroatoms. The number of hydrogen-bond acceptors (Lipinski definition) is 16. The predicted molar refractivity (Wildman–Crippen MR) is 226 cm³/mol. The Kier molecular flexibility index (Phi) is 17.1. The number of fused-ring (bicyclic) bond motifs is 4. The number of cyclic esters (lactones) is 1. The zero-order valence-corrected chi connectivity index (χ0v) is 37.5. The van der Waals surface area contributed by atoms with Crippen LogP contribution in [0.1, 0.15) is 78.8 Å². The lowest BCUT2D eigenvalue weighted by atomic mass is 9.84. The van der Waals surface area contributed by atoms with Crippen LogP contribution in [0.15, 0.2) is 52.2 Å². The molecule has 5 rings (SSSR count). The molecule has 0 aromatic carbocycles. The monoisotopic (exact) mass is 890 g/mol. The third-order valence-electron chi connectivity index (χ3n) is 11.2. The first-order valence-corrected chi connectivity index (χ1v) is 22.9. The number of esters is 2. The lowest BCUT2D eigenvalue weighted by molar-refractivity contribution is -0.159. The van der Waals surface area contributed by atoms with E-state index in [1.54, 1.807) is 20.3 Å². The maximum absolute atomic E-state index is 13.8. The van der Waals surface area contributed by atoms with Crippen molar-refractivity contribution in [3.05, 3.63) is 59.4 Å². The first-order valence-electron chi connectivity index (χ1n) is 20.4. The van der Waals surface area contributed by atoms with Crippen LogP contribution in [0.25, 0.3) is 6.08 Å². The van der Waals surface area contributed by atoms with E-state index in [-0.39, 0.29) is 49.1 Å². The number of allylic oxidation sites excluding steroid dienone is 4. The zero-order valence-electron chi connectivity index (χ0n) is 35.9. The first-order chi connectivity index (χ1) is 29.0. The van der Waals surface area contributed by atoms with Gasteiger partial charge in [0.15, 0.2) is 12.0 Å². The minimum Gasteiger partial charge on any atom is -0.480 e. The highest BCUT2D eigenvalue weighted by Crippen LogP contribution is 2.46. The van der Waals surface area contributed by atoms with Gasteiger partial charge in [-0.2, -0.15) is 0 Å². The van der Waals surface area contributed by atoms with Crippen molar-refractivity contribution < 1.29 is 66.7 Å². The van der Waals surface area contributed by atoms with Crippen LogP contribution in [0.3, 0.4) is 0 Å². The van der Waals surface area contributed by atoms with Gasteiger partial charge in [-0.3, -0.25) is 9.59 Å². The van der Waals surface area contributed by atoms with Crippen molar-refractivity contribution in [3.8, 4) is 0 Å². The van der Waals surface area contributed by atoms with E-state index in [0.29, 0.717) is 30.2 Å². The molecule has 3 saturated heterocycles. The van der Waals surface area contributed by atoms with Crippen molar-refractivity contribution in [3.63, 3.8) is 0 Å². The van der Waals surface area contributed by atoms with Gasteiger partial charge < -0.3 is 48.0 Å². The topological polar surface area (TPSA) is 215 Å². The number of aliphatic carboxylic acids is 1. The van der Waals surface area contributed by atoms with Gasteiger partial charge in [0.25, 0.3) is 0 Å². The van der Waals surface area contributed by atoms with Gasteiger partial charge in [0, 0.05) is 57.1 Å². The number of rotatable bonds is 16. The molecule has 0 radical (unpaired) electrons. The quantitative estimate of drug-likeness (QED) is 0.0361. The number of methoxy groups -OCH3 is 1. The van der Waals surface area contributed by atoms with Crippen molar-refractivity contribution in [2.24, 2.45) is 17.8 Å². The number of aryl methyl sites for hydroxylation is 1. The fraction of sp³-hybridized carbons (Fsp3) is 0.628. The molecule has 4 aliphatic rings. The van der Waals surface area contributed by atoms with E-state index < -0.39 is 78.2 Å². The van der Waals surface area contributed by atoms with Gasteiger partial charge in [-0.05, 0) is 56.8 Å². The van der Waals surface area contributed by atoms with Crippen LogP contribution in [-0.4, -0.2) is 120 Å². The van der Waals surface area contributed by atoms with Gasteiger partial charge in [-0.25, -0.2) is 19.4 Å². The Balaban J connectivity index is 1.34. The molecule has 336 valence electrons. The molecule has 2 bridgehead atoms. The first kappa shape index (κ1) is 47.9. The van der Waals surface area contributed by atoms with E-state index in [0.717, 1.165) is 11.1 Å². The summed E-state index contributed by atoms with van der Waals surface area (Å²) in [5.41, 5.74) is 1.47. The summed E-state index contributed by atoms with van der Waals surface area (Å²) in [6.07, 6.45) is 9.11. The summed E-state index contributed by atoms with van der Waals surface area (Å²) in [6, 6.07) is -1.06. The number of aromatic nitrogens is 1. The number of carbonyl (C=O) groups is 5. The number of epoxide rings is 2. The van der Waals surface area contributed by atoms with Crippen LogP contribution < -0.4 is 5.32 Å². The van der Waals surface area contributed by atoms with Gasteiger partial charge in [0.2, 0.25) is 5.91 Å². The number of nitrogens with zero attached hydrogens (tertiary/aromatic N) is 1. The smallest absolute Gasteiger partial charge is 0.480 e. The van der Waals surface area contributed by atoms with Crippen molar-refractivity contribution in [2.45, 2.75) is 129 Å². The molecule has 3 fully saturated rings. The third kappa shape index (κ3) is 13.9. The average molecular weight is 891 g/mol. The number of carbonyl (C=O) groups excluding carboxylic acids is 4. The predicted octanol–water partition coefficient (Wildman–Crippen LogP) is 6.18. The lowest BCUT2D eigenvalue weighted by Gasteiger charge is -2.33. The van der Waals surface area contributed by atoms with E-state index in [1.165, 1.54) is 28.5 Å². The maximum atomic E-state index is 13.8. The van der Waals surface area contributed by atoms with Crippen molar-refractivity contribution in [1.82, 2.24) is 10.3 Å². The molecule has 2 N–H and O–H groups in total. The van der Waals surface area contributed by atoms with E-state index in [2.05, 4.69) is 10.3 Å². The van der Waals surface area contributed by atoms with Crippen LogP contribution in [0.2, 0.25) is 0 Å². The summed E-state index contributed by atoms with van der Waals surface area (Å²) >= 11 is 0. The summed E-state index contributed by atoms with van der Waals surface area (Å²) in [5, 5.41) is 11.7. The molecule has 1 aromatic heterocycles. The van der Waals surface area contributed by atoms with Crippen molar-refractivity contribution in [1.29, 1.82) is 0 Å². The molecule has 5 heterocycles. The molecule has 61 heavy (non-hydrogen) atoms. The average Bonchev–Trinajstić information content (AvgIpc) is 4.07. The van der Waals surface area contributed by atoms with Gasteiger partial charge in [0.1, 0.15) is 54.6 Å². The van der Waals surface area contributed by atoms with Crippen LogP contribution in [0, 0.1) is 24.7 Å². The fourth-order valence-corrected chi connectivity index (χ4v) is 9.67. The van der Waals surface area contributed by atoms with E-state index >= 15 is 0 Å². The number of hydrogen-bond donors (Lipinski definition) is 2. The maximum Gasteiger partial charge on any atom is 0.508 e. The van der Waals surface area contributed by atoms with Gasteiger partial charge in [0.05, 0.1) is 12.2 Å². The molecule has 4 aliphatic heterocycles. The van der Waals surface area contributed by atoms with Crippen molar-refractivity contribution in [2.75, 3.05) is 25.2 Å². The second-order valence-corrected chi connectivity index (χ2v) is 18.8. The number of nitrogens with one attached hydrogen (secondary N) is 1. The molecular weight excluding hydrogens is 833 g/mol. The standard InChI is InChI=1S/C43H58N2O14S2/c1-23(16-30-21-54-28(6)45-30)10-9-11-25(3)38(52-8)26(4)33-20-36(58-42(51)53-14-15-60-61-22-31(40(48)49)44-27(5)46)43(7)35(59-43)13-12-24(2)32-17-29(19-37(47)55-32)18-34-39(56-34)41(50)57-33/h9-13,16,21,24,26,29,31-36,38-39H,14-15,17-20,22H2,1-8H3,(H,44,46)(H,48,49)/b10-9+,13-12+,23-16+,25-11+/t24-,26+,29+,31-,32-,33+,34+,35-,36+,38+,39-,43+/m1/s1. The Morgan fingerprint density at radius 1 is 1.10 bits per heavy atom. The SMILES string of the molecule is CO[C@@H](/C(C)=C/C=C/C(C)=C/c1coc(C)n1)[C@@H](C)[C@@H]1C[C@H](OC(=O)OCCSSC[C@@H](NC(C)=O)C(=O)O)[C@@]2(C)O[C@@H]2/C=C/[C@@H](C)[C@H]2C[C@H](CC(=O)O2)C[C@@H]2O[C@H]2C(=O)O1. The number of oxazole rings is 1. The Hall–Kier alpha value is -4.10. The zero-order chi connectivity index (χ0) is 44.4. The molecule has 0 aliphatic carbocycles. The highest BCUT2D eigenvalue weighted by molar-refractivity contribution is 8.76. The number of carboxylic acid groups (broad SMARTS) is 1. The summed E-state index contributed by atoms with van der Waals surface area (Å²) in [7, 11) is 4.07. The highest BCUT2D eigenvalue weighted by atomic mass is 33.1. The molecule has 1 amide bonds. The number of amides is 1. The van der Waals surface area contributed by atoms with Crippen LogP contribution in [-0.2, 0) is 52.3 Å². The molecule has 0 spiro atoms. The normalized spacial score (nSPS) is 31.3. The molecule has 0 saturated carbocycles. The Bertz CT molecular complexity index is 1860. The van der Waals surface area contributed by atoms with E-state index in [1.807, 2.05) is 71.1 Å². The fourth-order valence-electron chi connectivity index (χ4n) is 7.69. The Labute approximate surface area is 364 Å². The Morgan fingerprint density at radius 2 is 1.85 bits per heavy atom. The minimum absolute atomic E-state index is 0.0154. The van der Waals surface area contributed by atoms with Crippen LogP contribution >= 0.6 is 21.6 Å². The highest BCUT2D eigenvalue weighted by Gasteiger charge is 2.60. The summed E-state index contributed by atoms with van der Waals surface area (Å²) in [4.78, 5) is 66.9. The molecule has 1 aromatic rings. The van der Waals surface area contributed by atoms with E-state index in [9.17, 15) is 29.1 Å². The minimum atomic E-state index is -1.15. The summed E-state index contributed by atoms with van der Waals surface area (Å²) in [5.74, 6) is -2.07. The molecule has 0 unspecified atom stereocenters.